The minimum absolute atomic E-state index is 0.186. The zero-order valence-electron chi connectivity index (χ0n) is 16.4. The lowest BCUT2D eigenvalue weighted by molar-refractivity contribution is -0.139. The predicted molar refractivity (Wildman–Crippen MR) is 108 cm³/mol. The monoisotopic (exact) mass is 442 g/mol. The zero-order valence-corrected chi connectivity index (χ0v) is 17.2. The van der Waals surface area contributed by atoms with Gasteiger partial charge >= 0.3 is 6.18 Å². The van der Waals surface area contributed by atoms with Crippen LogP contribution in [0.25, 0.3) is 0 Å². The molecule has 7 nitrogen and oxygen atoms in total. The lowest BCUT2D eigenvalue weighted by Crippen LogP contribution is -2.46. The van der Waals surface area contributed by atoms with E-state index in [1.807, 2.05) is 12.2 Å². The Balaban J connectivity index is 1.79. The van der Waals surface area contributed by atoms with Crippen LogP contribution >= 0.6 is 11.6 Å². The number of nitrogens with one attached hydrogen (secondary N) is 3. The molecule has 0 fully saturated rings. The van der Waals surface area contributed by atoms with Crippen LogP contribution in [0.15, 0.2) is 24.5 Å². The lowest BCUT2D eigenvalue weighted by atomic mass is 9.98. The van der Waals surface area contributed by atoms with Crippen molar-refractivity contribution in [3.05, 3.63) is 40.9 Å². The quantitative estimate of drug-likeness (QED) is 0.607. The molecule has 3 N–H and O–H groups in total. The van der Waals surface area contributed by atoms with Gasteiger partial charge in [-0.1, -0.05) is 31.9 Å². The van der Waals surface area contributed by atoms with Crippen LogP contribution in [-0.2, 0) is 4.79 Å². The Morgan fingerprint density at radius 2 is 2.17 bits per heavy atom. The van der Waals surface area contributed by atoms with E-state index in [0.717, 1.165) is 5.56 Å². The van der Waals surface area contributed by atoms with Crippen LogP contribution in [0.2, 0.25) is 5.02 Å². The molecule has 1 unspecified atom stereocenters. The molecule has 0 bridgehead atoms. The molecule has 2 aromatic heterocycles. The van der Waals surface area contributed by atoms with Crippen molar-refractivity contribution in [3.8, 4) is 0 Å². The van der Waals surface area contributed by atoms with E-state index in [-0.39, 0.29) is 11.8 Å². The standard InChI is InChI=1S/C19H22ClF3N6O/c1-3-10(2)15(18(30)27-9-19(21,22)23)28-14-4-5-24-17(29-14)13-8-26-16-12(13)6-11(20)7-25-16/h4-7,10,13,15H,3,8-9H2,1-2H3,(H,25,26)(H,27,30)(H,24,28,29)/t10-,13?,15+/m1/s1. The van der Waals surface area contributed by atoms with Crippen LogP contribution in [0.5, 0.6) is 0 Å². The first-order valence-electron chi connectivity index (χ1n) is 9.51. The van der Waals surface area contributed by atoms with Crippen molar-refractivity contribution in [2.75, 3.05) is 23.7 Å². The van der Waals surface area contributed by atoms with Gasteiger partial charge in [0.05, 0.1) is 10.9 Å². The normalized spacial score (nSPS) is 17.6. The maximum atomic E-state index is 12.5. The number of hydrogen-bond donors (Lipinski definition) is 3. The molecule has 30 heavy (non-hydrogen) atoms. The van der Waals surface area contributed by atoms with Crippen molar-refractivity contribution in [2.24, 2.45) is 5.92 Å². The summed E-state index contributed by atoms with van der Waals surface area (Å²) in [4.78, 5) is 25.5. The maximum Gasteiger partial charge on any atom is 0.405 e. The van der Waals surface area contributed by atoms with Gasteiger partial charge < -0.3 is 16.0 Å². The molecule has 2 aromatic rings. The van der Waals surface area contributed by atoms with Crippen molar-refractivity contribution >= 4 is 29.1 Å². The molecule has 0 spiro atoms. The van der Waals surface area contributed by atoms with E-state index in [4.69, 9.17) is 11.6 Å². The Morgan fingerprint density at radius 3 is 2.87 bits per heavy atom. The summed E-state index contributed by atoms with van der Waals surface area (Å²) in [6, 6.07) is 2.50. The third kappa shape index (κ3) is 5.29. The average Bonchev–Trinajstić information content (AvgIpc) is 3.12. The zero-order chi connectivity index (χ0) is 21.9. The molecule has 0 radical (unpaired) electrons. The molecular formula is C19H22ClF3N6O. The first-order valence-corrected chi connectivity index (χ1v) is 9.89. The van der Waals surface area contributed by atoms with Crippen LogP contribution in [0, 0.1) is 5.92 Å². The topological polar surface area (TPSA) is 91.8 Å². The molecular weight excluding hydrogens is 421 g/mol. The van der Waals surface area contributed by atoms with Gasteiger partial charge in [-0.25, -0.2) is 15.0 Å². The third-order valence-corrected chi connectivity index (χ3v) is 5.19. The number of carbonyl (C=O) groups excluding carboxylic acids is 1. The summed E-state index contributed by atoms with van der Waals surface area (Å²) in [6.07, 6.45) is -0.790. The van der Waals surface area contributed by atoms with Gasteiger partial charge in [0.25, 0.3) is 0 Å². The van der Waals surface area contributed by atoms with E-state index in [9.17, 15) is 18.0 Å². The van der Waals surface area contributed by atoms with Crippen LogP contribution in [0.3, 0.4) is 0 Å². The van der Waals surface area contributed by atoms with Crippen LogP contribution < -0.4 is 16.0 Å². The van der Waals surface area contributed by atoms with E-state index in [1.54, 1.807) is 31.5 Å². The highest BCUT2D eigenvalue weighted by Gasteiger charge is 2.32. The first-order chi connectivity index (χ1) is 14.2. The number of carbonyl (C=O) groups is 1. The number of halogens is 4. The molecule has 162 valence electrons. The SMILES string of the molecule is CC[C@@H](C)[C@H](Nc1ccnc(C2CNc3ncc(Cl)cc32)n1)C(=O)NCC(F)(F)F. The molecule has 1 aliphatic rings. The van der Waals surface area contributed by atoms with Gasteiger partial charge in [0.2, 0.25) is 5.91 Å². The van der Waals surface area contributed by atoms with E-state index in [2.05, 4.69) is 25.6 Å². The van der Waals surface area contributed by atoms with Crippen LogP contribution in [-0.4, -0.2) is 46.2 Å². The minimum Gasteiger partial charge on any atom is -0.369 e. The number of alkyl halides is 3. The van der Waals surface area contributed by atoms with Crippen molar-refractivity contribution < 1.29 is 18.0 Å². The largest absolute Gasteiger partial charge is 0.405 e. The Morgan fingerprint density at radius 1 is 1.40 bits per heavy atom. The minimum atomic E-state index is -4.48. The first kappa shape index (κ1) is 22.1. The van der Waals surface area contributed by atoms with E-state index >= 15 is 0 Å². The smallest absolute Gasteiger partial charge is 0.369 e. The van der Waals surface area contributed by atoms with E-state index in [1.165, 1.54) is 0 Å². The van der Waals surface area contributed by atoms with Gasteiger partial charge in [-0.3, -0.25) is 4.79 Å². The summed E-state index contributed by atoms with van der Waals surface area (Å²) in [5.74, 6) is 0.425. The van der Waals surface area contributed by atoms with Gasteiger partial charge in [-0.2, -0.15) is 13.2 Å². The van der Waals surface area contributed by atoms with E-state index in [0.29, 0.717) is 35.4 Å². The summed E-state index contributed by atoms with van der Waals surface area (Å²) in [5, 5.41) is 8.58. The Hall–Kier alpha value is -2.62. The molecule has 0 aliphatic carbocycles. The Kier molecular flexibility index (Phi) is 6.64. The summed E-state index contributed by atoms with van der Waals surface area (Å²) < 4.78 is 37.5. The maximum absolute atomic E-state index is 12.5. The number of fused-ring (bicyclic) bond motifs is 1. The predicted octanol–water partition coefficient (Wildman–Crippen LogP) is 3.59. The molecule has 1 amide bonds. The van der Waals surface area contributed by atoms with Crippen LogP contribution in [0.4, 0.5) is 24.8 Å². The number of hydrogen-bond acceptors (Lipinski definition) is 6. The van der Waals surface area contributed by atoms with Crippen molar-refractivity contribution in [3.63, 3.8) is 0 Å². The highest BCUT2D eigenvalue weighted by molar-refractivity contribution is 6.30. The molecule has 0 saturated carbocycles. The van der Waals surface area contributed by atoms with Gasteiger partial charge in [0.15, 0.2) is 0 Å². The van der Waals surface area contributed by atoms with E-state index < -0.39 is 24.7 Å². The van der Waals surface area contributed by atoms with Gasteiger partial charge in [-0.15, -0.1) is 0 Å². The fourth-order valence-corrected chi connectivity index (χ4v) is 3.35. The highest BCUT2D eigenvalue weighted by Crippen LogP contribution is 2.34. The van der Waals surface area contributed by atoms with Crippen LogP contribution in [0.1, 0.15) is 37.6 Å². The molecule has 0 aromatic carbocycles. The second kappa shape index (κ2) is 9.03. The van der Waals surface area contributed by atoms with Crippen molar-refractivity contribution in [1.82, 2.24) is 20.3 Å². The fraction of sp³-hybridized carbons (Fsp3) is 0.474. The summed E-state index contributed by atoms with van der Waals surface area (Å²) in [7, 11) is 0. The third-order valence-electron chi connectivity index (χ3n) is 4.98. The number of rotatable bonds is 7. The molecule has 11 heteroatoms. The molecule has 3 atom stereocenters. The summed E-state index contributed by atoms with van der Waals surface area (Å²) in [6.45, 7) is 2.80. The molecule has 3 heterocycles. The lowest BCUT2D eigenvalue weighted by Gasteiger charge is -2.24. The number of anilines is 2. The fourth-order valence-electron chi connectivity index (χ4n) is 3.19. The summed E-state index contributed by atoms with van der Waals surface area (Å²) >= 11 is 6.06. The second-order valence-corrected chi connectivity index (χ2v) is 7.60. The molecule has 0 saturated heterocycles. The number of aromatic nitrogens is 3. The number of nitrogens with zero attached hydrogens (tertiary/aromatic N) is 3. The number of pyridine rings is 1. The Bertz CT molecular complexity index is 910. The second-order valence-electron chi connectivity index (χ2n) is 7.17. The molecule has 1 aliphatic heterocycles. The van der Waals surface area contributed by atoms with Crippen molar-refractivity contribution in [2.45, 2.75) is 38.4 Å². The molecule has 3 rings (SSSR count). The number of amides is 1. The highest BCUT2D eigenvalue weighted by atomic mass is 35.5. The van der Waals surface area contributed by atoms with Gasteiger partial charge in [0, 0.05) is 24.5 Å². The average molecular weight is 443 g/mol. The van der Waals surface area contributed by atoms with Gasteiger partial charge in [-0.05, 0) is 18.1 Å². The summed E-state index contributed by atoms with van der Waals surface area (Å²) in [5.41, 5.74) is 0.862. The Labute approximate surface area is 176 Å². The van der Waals surface area contributed by atoms with Gasteiger partial charge in [0.1, 0.15) is 30.0 Å². The van der Waals surface area contributed by atoms with Crippen molar-refractivity contribution in [1.29, 1.82) is 0 Å².